The molecule has 0 fully saturated rings. The number of para-hydroxylation sites is 1. The van der Waals surface area contributed by atoms with Gasteiger partial charge >= 0.3 is 5.97 Å². The summed E-state index contributed by atoms with van der Waals surface area (Å²) < 4.78 is 37.6. The fourth-order valence-electron chi connectivity index (χ4n) is 5.98. The van der Waals surface area contributed by atoms with Gasteiger partial charge in [0, 0.05) is 18.3 Å². The van der Waals surface area contributed by atoms with Crippen molar-refractivity contribution in [2.75, 3.05) is 30.9 Å². The molecule has 5 N–H and O–H groups in total. The molecule has 2 atom stereocenters. The van der Waals surface area contributed by atoms with Gasteiger partial charge in [0.15, 0.2) is 6.61 Å². The number of anilines is 2. The van der Waals surface area contributed by atoms with E-state index in [2.05, 4.69) is 29.2 Å². The molecule has 12 nitrogen and oxygen atoms in total. The number of carboxylic acid groups (broad SMARTS) is 1. The van der Waals surface area contributed by atoms with Crippen molar-refractivity contribution >= 4 is 50.9 Å². The van der Waals surface area contributed by atoms with Crippen LogP contribution >= 0.6 is 11.8 Å². The standard InChI is InChI=1S/C36H46N4O8S2/c1-4-6-18-36(19-7-5-2)24-40(26-16-12-9-13-17-26)28-20-30(49-3)29(21-31(28)50(46,47)39-36)48-23-32(42)38-33(25-14-10-8-11-15-25)34(43)37-27(22-41)35(44)45/h8-17,20-21,27,33,39,41H,4-7,18-19,22-24H2,1-3H3,(H,37,43)(H,38,42)(H,44,45). The van der Waals surface area contributed by atoms with Crippen LogP contribution in [0, 0.1) is 0 Å². The minimum absolute atomic E-state index is 0.0229. The van der Waals surface area contributed by atoms with Gasteiger partial charge in [0.05, 0.1) is 22.7 Å². The summed E-state index contributed by atoms with van der Waals surface area (Å²) in [5, 5.41) is 23.5. The molecule has 3 aromatic carbocycles. The van der Waals surface area contributed by atoms with E-state index >= 15 is 0 Å². The summed E-state index contributed by atoms with van der Waals surface area (Å²) in [6, 6.07) is 18.2. The maximum Gasteiger partial charge on any atom is 0.328 e. The number of aliphatic hydroxyl groups excluding tert-OH is 1. The number of sulfonamides is 1. The number of hydrogen-bond donors (Lipinski definition) is 5. The second-order valence-electron chi connectivity index (χ2n) is 12.3. The third kappa shape index (κ3) is 9.56. The third-order valence-corrected chi connectivity index (χ3v) is 10.9. The zero-order valence-electron chi connectivity index (χ0n) is 28.6. The Balaban J connectivity index is 1.68. The quantitative estimate of drug-likeness (QED) is 0.122. The molecule has 2 unspecified atom stereocenters. The smallest absolute Gasteiger partial charge is 0.328 e. The number of thioether (sulfide) groups is 1. The summed E-state index contributed by atoms with van der Waals surface area (Å²) in [5.74, 6) is -2.81. The molecule has 0 aliphatic carbocycles. The van der Waals surface area contributed by atoms with Crippen molar-refractivity contribution in [2.45, 2.75) is 79.8 Å². The van der Waals surface area contributed by atoms with Crippen LogP contribution in [0.25, 0.3) is 0 Å². The van der Waals surface area contributed by atoms with Crippen LogP contribution in [0.4, 0.5) is 11.4 Å². The SMILES string of the molecule is CCCCC1(CCCC)CN(c2ccccc2)c2cc(SC)c(OCC(=O)NC(C(=O)NC(CO)C(=O)O)c3ccccc3)cc2S(=O)(=O)N1. The van der Waals surface area contributed by atoms with Crippen LogP contribution in [0.1, 0.15) is 64.0 Å². The van der Waals surface area contributed by atoms with Gasteiger partial charge in [-0.25, -0.2) is 17.9 Å². The van der Waals surface area contributed by atoms with Crippen LogP contribution in [-0.2, 0) is 24.4 Å². The van der Waals surface area contributed by atoms with Crippen molar-refractivity contribution in [1.82, 2.24) is 15.4 Å². The first-order valence-corrected chi connectivity index (χ1v) is 19.4. The van der Waals surface area contributed by atoms with Gasteiger partial charge in [-0.15, -0.1) is 11.8 Å². The molecule has 0 radical (unpaired) electrons. The Kier molecular flexibility index (Phi) is 13.7. The predicted octanol–water partition coefficient (Wildman–Crippen LogP) is 4.76. The zero-order chi connectivity index (χ0) is 36.3. The molecule has 0 aromatic heterocycles. The van der Waals surface area contributed by atoms with Gasteiger partial charge in [0.1, 0.15) is 22.7 Å². The van der Waals surface area contributed by atoms with Crippen molar-refractivity contribution in [1.29, 1.82) is 0 Å². The molecule has 0 bridgehead atoms. The number of hydrogen-bond acceptors (Lipinski definition) is 9. The van der Waals surface area contributed by atoms with E-state index in [0.717, 1.165) is 31.4 Å². The molecular formula is C36H46N4O8S2. The highest BCUT2D eigenvalue weighted by Gasteiger charge is 2.42. The van der Waals surface area contributed by atoms with Crippen LogP contribution in [0.3, 0.4) is 0 Å². The number of aliphatic hydroxyl groups is 1. The van der Waals surface area contributed by atoms with Crippen molar-refractivity contribution in [3.8, 4) is 5.75 Å². The molecule has 1 heterocycles. The number of amides is 2. The first kappa shape index (κ1) is 38.7. The summed E-state index contributed by atoms with van der Waals surface area (Å²) in [6.07, 6.45) is 6.69. The monoisotopic (exact) mass is 726 g/mol. The summed E-state index contributed by atoms with van der Waals surface area (Å²) in [6.45, 7) is 3.19. The number of aliphatic carboxylic acids is 1. The number of carboxylic acids is 1. The van der Waals surface area contributed by atoms with E-state index in [4.69, 9.17) is 4.74 Å². The second-order valence-corrected chi connectivity index (χ2v) is 14.8. The van der Waals surface area contributed by atoms with E-state index in [-0.39, 0.29) is 10.6 Å². The van der Waals surface area contributed by atoms with Gasteiger partial charge in [0.2, 0.25) is 15.9 Å². The Morgan fingerprint density at radius 1 is 0.980 bits per heavy atom. The van der Waals surface area contributed by atoms with E-state index in [1.54, 1.807) is 36.4 Å². The van der Waals surface area contributed by atoms with Crippen molar-refractivity contribution in [2.24, 2.45) is 0 Å². The van der Waals surface area contributed by atoms with Crippen LogP contribution < -0.4 is 25.0 Å². The molecule has 0 spiro atoms. The van der Waals surface area contributed by atoms with Crippen LogP contribution in [-0.4, -0.2) is 74.0 Å². The molecule has 1 aliphatic rings. The van der Waals surface area contributed by atoms with E-state index in [1.165, 1.54) is 17.8 Å². The second kappa shape index (κ2) is 17.7. The Hall–Kier alpha value is -4.11. The lowest BCUT2D eigenvalue weighted by molar-refractivity contribution is -0.143. The average Bonchev–Trinajstić information content (AvgIpc) is 3.21. The lowest BCUT2D eigenvalue weighted by Gasteiger charge is -2.37. The molecule has 1 aliphatic heterocycles. The van der Waals surface area contributed by atoms with E-state index in [9.17, 15) is 33.0 Å². The van der Waals surface area contributed by atoms with Gasteiger partial charge in [-0.2, -0.15) is 0 Å². The van der Waals surface area contributed by atoms with Gasteiger partial charge in [-0.3, -0.25) is 9.59 Å². The number of ether oxygens (including phenoxy) is 1. The number of rotatable bonds is 17. The first-order chi connectivity index (χ1) is 24.0. The van der Waals surface area contributed by atoms with Gasteiger partial charge in [-0.05, 0) is 42.9 Å². The van der Waals surface area contributed by atoms with Gasteiger partial charge < -0.3 is 30.5 Å². The van der Waals surface area contributed by atoms with Crippen molar-refractivity contribution in [3.05, 3.63) is 78.4 Å². The Labute approximate surface area is 298 Å². The Morgan fingerprint density at radius 2 is 1.60 bits per heavy atom. The highest BCUT2D eigenvalue weighted by Crippen LogP contribution is 2.44. The van der Waals surface area contributed by atoms with Crippen LogP contribution in [0.15, 0.2) is 82.6 Å². The minimum atomic E-state index is -4.06. The average molecular weight is 727 g/mol. The molecule has 0 saturated carbocycles. The fourth-order valence-corrected chi connectivity index (χ4v) is 8.18. The number of carbonyl (C=O) groups excluding carboxylic acids is 2. The molecule has 3 aromatic rings. The number of fused-ring (bicyclic) bond motifs is 1. The van der Waals surface area contributed by atoms with E-state index in [0.29, 0.717) is 35.5 Å². The maximum absolute atomic E-state index is 14.3. The molecule has 4 rings (SSSR count). The maximum atomic E-state index is 14.3. The van der Waals surface area contributed by atoms with E-state index < -0.39 is 58.6 Å². The molecule has 2 amide bonds. The van der Waals surface area contributed by atoms with E-state index in [1.807, 2.05) is 41.5 Å². The van der Waals surface area contributed by atoms with Crippen molar-refractivity contribution in [3.63, 3.8) is 0 Å². The fraction of sp³-hybridized carbons (Fsp3) is 0.417. The molecule has 0 saturated heterocycles. The third-order valence-electron chi connectivity index (χ3n) is 8.58. The number of benzene rings is 3. The molecular weight excluding hydrogens is 681 g/mol. The summed E-state index contributed by atoms with van der Waals surface area (Å²) in [4.78, 5) is 40.5. The number of nitrogens with one attached hydrogen (secondary N) is 3. The van der Waals surface area contributed by atoms with Crippen molar-refractivity contribution < 1.29 is 37.8 Å². The highest BCUT2D eigenvalue weighted by atomic mass is 32.2. The number of unbranched alkanes of at least 4 members (excludes halogenated alkanes) is 2. The largest absolute Gasteiger partial charge is 0.483 e. The van der Waals surface area contributed by atoms with Crippen LogP contribution in [0.5, 0.6) is 5.75 Å². The van der Waals surface area contributed by atoms with Crippen LogP contribution in [0.2, 0.25) is 0 Å². The lowest BCUT2D eigenvalue weighted by Crippen LogP contribution is -2.53. The summed E-state index contributed by atoms with van der Waals surface area (Å²) in [5.41, 5.74) is 1.00. The lowest BCUT2D eigenvalue weighted by atomic mass is 9.87. The highest BCUT2D eigenvalue weighted by molar-refractivity contribution is 7.98. The predicted molar refractivity (Wildman–Crippen MR) is 193 cm³/mol. The summed E-state index contributed by atoms with van der Waals surface area (Å²) >= 11 is 1.34. The first-order valence-electron chi connectivity index (χ1n) is 16.7. The molecule has 270 valence electrons. The Morgan fingerprint density at radius 3 is 2.16 bits per heavy atom. The minimum Gasteiger partial charge on any atom is -0.483 e. The summed E-state index contributed by atoms with van der Waals surface area (Å²) in [7, 11) is -4.06. The zero-order valence-corrected chi connectivity index (χ0v) is 30.2. The van der Waals surface area contributed by atoms with Gasteiger partial charge in [0.25, 0.3) is 5.91 Å². The molecule has 50 heavy (non-hydrogen) atoms. The topological polar surface area (TPSA) is 174 Å². The number of carbonyl (C=O) groups is 3. The van der Waals surface area contributed by atoms with Gasteiger partial charge in [-0.1, -0.05) is 88.1 Å². The molecule has 14 heteroatoms. The number of nitrogens with zero attached hydrogens (tertiary/aromatic N) is 1. The Bertz CT molecular complexity index is 1720. The normalized spacial score (nSPS) is 16.0.